The second-order valence-corrected chi connectivity index (χ2v) is 6.80. The molecular weight excluding hydrogens is 266 g/mol. The number of nitrogen functional groups attached to an aromatic ring is 1. The molecule has 1 saturated heterocycles. The Morgan fingerprint density at radius 1 is 1.42 bits per heavy atom. The third-order valence-electron chi connectivity index (χ3n) is 3.54. The average molecular weight is 283 g/mol. The quantitative estimate of drug-likeness (QED) is 0.823. The topological polar surface area (TPSA) is 105 Å². The highest BCUT2D eigenvalue weighted by Gasteiger charge is 2.29. The van der Waals surface area contributed by atoms with E-state index in [4.69, 9.17) is 11.0 Å². The first-order valence-electron chi connectivity index (χ1n) is 6.02. The highest BCUT2D eigenvalue weighted by Crippen LogP contribution is 2.31. The summed E-state index contributed by atoms with van der Waals surface area (Å²) in [4.78, 5) is 0. The van der Waals surface area contributed by atoms with Gasteiger partial charge in [0.15, 0.2) is 0 Å². The van der Waals surface area contributed by atoms with E-state index < -0.39 is 10.0 Å². The van der Waals surface area contributed by atoms with Gasteiger partial charge in [-0.2, -0.15) is 10.4 Å². The molecule has 104 valence electrons. The first kappa shape index (κ1) is 13.8. The van der Waals surface area contributed by atoms with E-state index in [1.165, 1.54) is 15.2 Å². The Morgan fingerprint density at radius 2 is 2.00 bits per heavy atom. The predicted molar refractivity (Wildman–Crippen MR) is 70.7 cm³/mol. The fraction of sp³-hybridized carbons (Fsp3) is 0.636. The monoisotopic (exact) mass is 283 g/mol. The molecule has 0 aliphatic carbocycles. The van der Waals surface area contributed by atoms with Crippen LogP contribution in [0.4, 0.5) is 5.82 Å². The fourth-order valence-electron chi connectivity index (χ4n) is 2.42. The summed E-state index contributed by atoms with van der Waals surface area (Å²) < 4.78 is 25.8. The van der Waals surface area contributed by atoms with Gasteiger partial charge in [0.05, 0.1) is 11.9 Å². The van der Waals surface area contributed by atoms with E-state index in [1.54, 1.807) is 7.05 Å². The van der Waals surface area contributed by atoms with Crippen molar-refractivity contribution in [3.8, 4) is 6.07 Å². The maximum Gasteiger partial charge on any atom is 0.211 e. The van der Waals surface area contributed by atoms with E-state index in [2.05, 4.69) is 11.2 Å². The molecule has 0 amide bonds. The molecule has 0 spiro atoms. The smallest absolute Gasteiger partial charge is 0.211 e. The molecule has 1 aliphatic heterocycles. The van der Waals surface area contributed by atoms with Crippen molar-refractivity contribution in [3.63, 3.8) is 0 Å². The van der Waals surface area contributed by atoms with Crippen LogP contribution in [0.1, 0.15) is 30.0 Å². The van der Waals surface area contributed by atoms with Gasteiger partial charge in [-0.1, -0.05) is 0 Å². The second-order valence-electron chi connectivity index (χ2n) is 4.82. The van der Waals surface area contributed by atoms with E-state index >= 15 is 0 Å². The van der Waals surface area contributed by atoms with Crippen LogP contribution in [0.15, 0.2) is 0 Å². The maximum absolute atomic E-state index is 11.4. The van der Waals surface area contributed by atoms with Gasteiger partial charge in [0.1, 0.15) is 17.5 Å². The third kappa shape index (κ3) is 2.57. The van der Waals surface area contributed by atoms with Gasteiger partial charge in [-0.25, -0.2) is 12.7 Å². The van der Waals surface area contributed by atoms with E-state index in [0.29, 0.717) is 43.0 Å². The van der Waals surface area contributed by atoms with Crippen LogP contribution in [0.3, 0.4) is 0 Å². The summed E-state index contributed by atoms with van der Waals surface area (Å²) in [7, 11) is -1.43. The molecule has 8 heteroatoms. The molecule has 1 aliphatic rings. The van der Waals surface area contributed by atoms with Gasteiger partial charge >= 0.3 is 0 Å². The Bertz CT molecular complexity index is 620. The van der Waals surface area contributed by atoms with Crippen molar-refractivity contribution in [2.24, 2.45) is 7.05 Å². The molecule has 0 aromatic carbocycles. The molecule has 7 nitrogen and oxygen atoms in total. The lowest BCUT2D eigenvalue weighted by Gasteiger charge is -2.29. The summed E-state index contributed by atoms with van der Waals surface area (Å²) in [5.74, 6) is 0.458. The number of nitriles is 1. The number of piperidine rings is 1. The average Bonchev–Trinajstić information content (AvgIpc) is 2.64. The molecule has 19 heavy (non-hydrogen) atoms. The minimum absolute atomic E-state index is 0.0937. The number of rotatable bonds is 2. The summed E-state index contributed by atoms with van der Waals surface area (Å²) in [6, 6.07) is 2.08. The van der Waals surface area contributed by atoms with Crippen molar-refractivity contribution in [2.45, 2.75) is 18.8 Å². The number of aryl methyl sites for hydroxylation is 1. The van der Waals surface area contributed by atoms with Crippen molar-refractivity contribution in [3.05, 3.63) is 11.3 Å². The summed E-state index contributed by atoms with van der Waals surface area (Å²) in [6.45, 7) is 0.926. The molecule has 1 aromatic heterocycles. The number of nitrogens with zero attached hydrogens (tertiary/aromatic N) is 4. The van der Waals surface area contributed by atoms with E-state index in [-0.39, 0.29) is 5.92 Å². The van der Waals surface area contributed by atoms with E-state index in [0.717, 1.165) is 0 Å². The molecule has 1 aromatic rings. The summed E-state index contributed by atoms with van der Waals surface area (Å²) >= 11 is 0. The molecule has 2 N–H and O–H groups in total. The van der Waals surface area contributed by atoms with Crippen LogP contribution in [-0.2, 0) is 17.1 Å². The molecule has 0 atom stereocenters. The Hall–Kier alpha value is -1.59. The maximum atomic E-state index is 11.4. The Morgan fingerprint density at radius 3 is 2.47 bits per heavy atom. The van der Waals surface area contributed by atoms with Crippen LogP contribution < -0.4 is 5.73 Å². The third-order valence-corrected chi connectivity index (χ3v) is 4.84. The fourth-order valence-corrected chi connectivity index (χ4v) is 3.29. The van der Waals surface area contributed by atoms with Crippen LogP contribution in [0, 0.1) is 11.3 Å². The van der Waals surface area contributed by atoms with E-state index in [9.17, 15) is 8.42 Å². The number of anilines is 1. The Balaban J connectivity index is 2.19. The van der Waals surface area contributed by atoms with Crippen molar-refractivity contribution in [2.75, 3.05) is 25.1 Å². The summed E-state index contributed by atoms with van der Waals surface area (Å²) in [5.41, 5.74) is 6.90. The van der Waals surface area contributed by atoms with Crippen LogP contribution in [0.25, 0.3) is 0 Å². The zero-order valence-electron chi connectivity index (χ0n) is 11.0. The first-order valence-corrected chi connectivity index (χ1v) is 7.87. The molecule has 0 unspecified atom stereocenters. The number of hydrogen-bond acceptors (Lipinski definition) is 5. The van der Waals surface area contributed by atoms with Gasteiger partial charge in [-0.15, -0.1) is 0 Å². The van der Waals surface area contributed by atoms with Gasteiger partial charge in [-0.05, 0) is 12.8 Å². The van der Waals surface area contributed by atoms with Crippen LogP contribution >= 0.6 is 0 Å². The van der Waals surface area contributed by atoms with Gasteiger partial charge in [0, 0.05) is 26.1 Å². The van der Waals surface area contributed by atoms with Crippen LogP contribution in [0.5, 0.6) is 0 Å². The molecule has 2 rings (SSSR count). The molecule has 0 saturated carbocycles. The number of nitrogens with two attached hydrogens (primary N) is 1. The van der Waals surface area contributed by atoms with Crippen molar-refractivity contribution < 1.29 is 8.42 Å². The van der Waals surface area contributed by atoms with Crippen molar-refractivity contribution >= 4 is 15.8 Å². The van der Waals surface area contributed by atoms with Crippen molar-refractivity contribution in [1.29, 1.82) is 5.26 Å². The SMILES string of the molecule is Cn1nc(C2CCN(S(C)(=O)=O)CC2)c(C#N)c1N. The summed E-state index contributed by atoms with van der Waals surface area (Å²) in [6.07, 6.45) is 2.54. The minimum Gasteiger partial charge on any atom is -0.383 e. The lowest BCUT2D eigenvalue weighted by atomic mass is 9.92. The highest BCUT2D eigenvalue weighted by molar-refractivity contribution is 7.88. The zero-order valence-corrected chi connectivity index (χ0v) is 11.8. The standard InChI is InChI=1S/C11H17N5O2S/c1-15-11(13)9(7-12)10(14-15)8-3-5-16(6-4-8)19(2,17)18/h8H,3-6,13H2,1-2H3. The second kappa shape index (κ2) is 4.83. The predicted octanol–water partition coefficient (Wildman–Crippen LogP) is 0.0130. The van der Waals surface area contributed by atoms with Crippen LogP contribution in [-0.4, -0.2) is 41.8 Å². The van der Waals surface area contributed by atoms with Crippen LogP contribution in [0.2, 0.25) is 0 Å². The van der Waals surface area contributed by atoms with Gasteiger partial charge in [0.25, 0.3) is 0 Å². The van der Waals surface area contributed by atoms with Crippen molar-refractivity contribution in [1.82, 2.24) is 14.1 Å². The molecule has 1 fully saturated rings. The highest BCUT2D eigenvalue weighted by atomic mass is 32.2. The van der Waals surface area contributed by atoms with Gasteiger partial charge < -0.3 is 5.73 Å². The number of hydrogen-bond donors (Lipinski definition) is 1. The van der Waals surface area contributed by atoms with E-state index in [1.807, 2.05) is 0 Å². The molecular formula is C11H17N5O2S. The zero-order chi connectivity index (χ0) is 14.2. The lowest BCUT2D eigenvalue weighted by Crippen LogP contribution is -2.37. The summed E-state index contributed by atoms with van der Waals surface area (Å²) in [5, 5.41) is 13.4. The first-order chi connectivity index (χ1) is 8.84. The Labute approximate surface area is 112 Å². The minimum atomic E-state index is -3.13. The lowest BCUT2D eigenvalue weighted by molar-refractivity contribution is 0.317. The van der Waals surface area contributed by atoms with Gasteiger partial charge in [0.2, 0.25) is 10.0 Å². The molecule has 0 bridgehead atoms. The number of sulfonamides is 1. The van der Waals surface area contributed by atoms with Gasteiger partial charge in [-0.3, -0.25) is 4.68 Å². The number of aromatic nitrogens is 2. The normalized spacial score (nSPS) is 18.4. The molecule has 2 heterocycles. The molecule has 0 radical (unpaired) electrons. The Kier molecular flexibility index (Phi) is 3.52. The largest absolute Gasteiger partial charge is 0.383 e.